The summed E-state index contributed by atoms with van der Waals surface area (Å²) in [6.45, 7) is 0. The van der Waals surface area contributed by atoms with E-state index in [1.807, 2.05) is 54.6 Å². The van der Waals surface area contributed by atoms with Gasteiger partial charge in [-0.3, -0.25) is 5.10 Å². The standard InChI is InChI=1S/C25H16ClFN3/c26-20-9-5-4-8-18(20)23(16-10-11-16)22(15-6-2-1-3-7-15)17-12-13-21-24(19(17)14-28)25(27)30-29-21/h1-6,8-9,12-13,16H,10-11H2,(H,29,30)/b23-22+. The minimum Gasteiger partial charge on any atom is -0.275 e. The molecule has 30 heavy (non-hydrogen) atoms. The molecule has 1 heterocycles. The minimum absolute atomic E-state index is 0.206. The minimum atomic E-state index is -0.675. The highest BCUT2D eigenvalue weighted by Gasteiger charge is 2.32. The second kappa shape index (κ2) is 7.44. The molecule has 0 saturated heterocycles. The molecule has 3 nitrogen and oxygen atoms in total. The molecule has 4 aromatic rings. The predicted octanol–water partition coefficient (Wildman–Crippen LogP) is 6.40. The molecule has 1 radical (unpaired) electrons. The van der Waals surface area contributed by atoms with Gasteiger partial charge in [0, 0.05) is 10.6 Å². The van der Waals surface area contributed by atoms with Gasteiger partial charge < -0.3 is 0 Å². The van der Waals surface area contributed by atoms with Gasteiger partial charge in [0.1, 0.15) is 6.07 Å². The monoisotopic (exact) mass is 412 g/mol. The highest BCUT2D eigenvalue weighted by atomic mass is 35.5. The Morgan fingerprint density at radius 1 is 1.10 bits per heavy atom. The Balaban J connectivity index is 1.91. The van der Waals surface area contributed by atoms with Crippen molar-refractivity contribution in [1.29, 1.82) is 5.26 Å². The Hall–Kier alpha value is -3.42. The Labute approximate surface area is 178 Å². The second-order valence-electron chi connectivity index (χ2n) is 7.36. The molecular formula is C25H16ClFN3. The first kappa shape index (κ1) is 18.6. The lowest BCUT2D eigenvalue weighted by Gasteiger charge is -2.19. The van der Waals surface area contributed by atoms with E-state index in [0.29, 0.717) is 22.0 Å². The average molecular weight is 413 g/mol. The van der Waals surface area contributed by atoms with E-state index >= 15 is 0 Å². The van der Waals surface area contributed by atoms with E-state index in [4.69, 9.17) is 11.6 Å². The smallest absolute Gasteiger partial charge is 0.241 e. The maximum atomic E-state index is 14.5. The van der Waals surface area contributed by atoms with Gasteiger partial charge in [-0.2, -0.15) is 9.65 Å². The van der Waals surface area contributed by atoms with Crippen LogP contribution in [0.3, 0.4) is 0 Å². The highest BCUT2D eigenvalue weighted by molar-refractivity contribution is 6.32. The van der Waals surface area contributed by atoms with Crippen molar-refractivity contribution in [2.45, 2.75) is 12.8 Å². The fraction of sp³-hybridized carbons (Fsp3) is 0.120. The van der Waals surface area contributed by atoms with Gasteiger partial charge in [-0.15, -0.1) is 5.10 Å². The van der Waals surface area contributed by atoms with Gasteiger partial charge in [0.25, 0.3) is 0 Å². The van der Waals surface area contributed by atoms with Crippen LogP contribution in [0.2, 0.25) is 5.02 Å². The number of aromatic amines is 1. The molecule has 1 aromatic heterocycles. The van der Waals surface area contributed by atoms with E-state index in [-0.39, 0.29) is 10.9 Å². The first-order chi connectivity index (χ1) is 14.7. The molecule has 0 bridgehead atoms. The van der Waals surface area contributed by atoms with Crippen molar-refractivity contribution < 1.29 is 4.39 Å². The summed E-state index contributed by atoms with van der Waals surface area (Å²) in [6.07, 6.45) is 2.09. The van der Waals surface area contributed by atoms with E-state index in [1.54, 1.807) is 6.07 Å². The number of nitrogens with zero attached hydrogens (tertiary/aromatic N) is 2. The number of hydrogen-bond donors (Lipinski definition) is 1. The van der Waals surface area contributed by atoms with Crippen molar-refractivity contribution >= 4 is 33.7 Å². The molecule has 1 aliphatic rings. The van der Waals surface area contributed by atoms with Crippen molar-refractivity contribution in [2.75, 3.05) is 0 Å². The van der Waals surface area contributed by atoms with Gasteiger partial charge >= 0.3 is 0 Å². The van der Waals surface area contributed by atoms with Crippen molar-refractivity contribution in [3.8, 4) is 6.07 Å². The number of halogens is 2. The third-order valence-corrected chi connectivity index (χ3v) is 5.79. The fourth-order valence-electron chi connectivity index (χ4n) is 3.99. The zero-order chi connectivity index (χ0) is 20.7. The highest BCUT2D eigenvalue weighted by Crippen LogP contribution is 2.49. The van der Waals surface area contributed by atoms with Gasteiger partial charge in [-0.05, 0) is 59.2 Å². The Bertz CT molecular complexity index is 1330. The number of hydrogen-bond acceptors (Lipinski definition) is 2. The van der Waals surface area contributed by atoms with Crippen molar-refractivity contribution in [2.24, 2.45) is 5.92 Å². The number of benzene rings is 3. The number of nitriles is 1. The molecule has 5 rings (SSSR count). The van der Waals surface area contributed by atoms with Crippen molar-refractivity contribution in [1.82, 2.24) is 10.2 Å². The molecule has 0 unspecified atom stereocenters. The Morgan fingerprint density at radius 2 is 1.90 bits per heavy atom. The van der Waals surface area contributed by atoms with Crippen LogP contribution in [0.15, 0.2) is 60.7 Å². The molecule has 0 spiro atoms. The van der Waals surface area contributed by atoms with Crippen LogP contribution in [0.25, 0.3) is 22.0 Å². The van der Waals surface area contributed by atoms with Crippen LogP contribution in [-0.2, 0) is 0 Å². The lowest BCUT2D eigenvalue weighted by molar-refractivity contribution is 0.588. The molecule has 1 N–H and O–H groups in total. The SMILES string of the molecule is N#Cc1c(/C(=C(/c2ccccc2Cl)C2CC2)c2[c]cccc2)ccc2[nH]nc(F)c12. The number of rotatable bonds is 4. The van der Waals surface area contributed by atoms with E-state index in [9.17, 15) is 9.65 Å². The number of nitrogens with one attached hydrogen (secondary N) is 1. The summed E-state index contributed by atoms with van der Waals surface area (Å²) in [5.74, 6) is -0.351. The van der Waals surface area contributed by atoms with Crippen LogP contribution in [0.5, 0.6) is 0 Å². The number of fused-ring (bicyclic) bond motifs is 1. The predicted molar refractivity (Wildman–Crippen MR) is 116 cm³/mol. The van der Waals surface area contributed by atoms with Gasteiger partial charge in [0.2, 0.25) is 5.95 Å². The first-order valence-corrected chi connectivity index (χ1v) is 10.1. The Morgan fingerprint density at radius 3 is 2.60 bits per heavy atom. The molecule has 1 aliphatic carbocycles. The Kier molecular flexibility index (Phi) is 4.61. The third-order valence-electron chi connectivity index (χ3n) is 5.46. The van der Waals surface area contributed by atoms with Crippen LogP contribution in [0.1, 0.15) is 35.1 Å². The van der Waals surface area contributed by atoms with Gasteiger partial charge in [-0.25, -0.2) is 0 Å². The third kappa shape index (κ3) is 3.08. The zero-order valence-electron chi connectivity index (χ0n) is 15.9. The molecule has 1 fully saturated rings. The summed E-state index contributed by atoms with van der Waals surface area (Å²) in [7, 11) is 0. The molecule has 1 saturated carbocycles. The van der Waals surface area contributed by atoms with Crippen LogP contribution in [0, 0.1) is 29.3 Å². The van der Waals surface area contributed by atoms with Gasteiger partial charge in [0.15, 0.2) is 0 Å². The number of H-pyrrole nitrogens is 1. The number of allylic oxidation sites excluding steroid dienone is 1. The molecule has 0 atom stereocenters. The lowest BCUT2D eigenvalue weighted by Crippen LogP contribution is -2.01. The second-order valence-corrected chi connectivity index (χ2v) is 7.76. The molecular weight excluding hydrogens is 397 g/mol. The maximum Gasteiger partial charge on any atom is 0.241 e. The normalized spacial score (nSPS) is 14.4. The summed E-state index contributed by atoms with van der Waals surface area (Å²) in [5, 5.41) is 17.2. The summed E-state index contributed by atoms with van der Waals surface area (Å²) >= 11 is 6.60. The average Bonchev–Trinajstić information content (AvgIpc) is 3.55. The maximum absolute atomic E-state index is 14.5. The fourth-order valence-corrected chi connectivity index (χ4v) is 4.23. The topological polar surface area (TPSA) is 52.5 Å². The van der Waals surface area contributed by atoms with Crippen LogP contribution >= 0.6 is 11.6 Å². The summed E-state index contributed by atoms with van der Waals surface area (Å²) in [6, 6.07) is 24.5. The number of aromatic nitrogens is 2. The largest absolute Gasteiger partial charge is 0.275 e. The zero-order valence-corrected chi connectivity index (χ0v) is 16.7. The van der Waals surface area contributed by atoms with Gasteiger partial charge in [0.05, 0.1) is 16.5 Å². The van der Waals surface area contributed by atoms with E-state index in [0.717, 1.165) is 35.1 Å². The van der Waals surface area contributed by atoms with Crippen LogP contribution in [0.4, 0.5) is 4.39 Å². The summed E-state index contributed by atoms with van der Waals surface area (Å²) < 4.78 is 14.5. The molecule has 0 aliphatic heterocycles. The van der Waals surface area contributed by atoms with E-state index in [2.05, 4.69) is 22.3 Å². The molecule has 5 heteroatoms. The first-order valence-electron chi connectivity index (χ1n) is 9.72. The summed E-state index contributed by atoms with van der Waals surface area (Å²) in [4.78, 5) is 0. The van der Waals surface area contributed by atoms with Crippen LogP contribution < -0.4 is 0 Å². The van der Waals surface area contributed by atoms with Crippen LogP contribution in [-0.4, -0.2) is 10.2 Å². The van der Waals surface area contributed by atoms with Crippen molar-refractivity contribution in [3.63, 3.8) is 0 Å². The quantitative estimate of drug-likeness (QED) is 0.394. The molecule has 145 valence electrons. The molecule has 0 amide bonds. The molecule has 3 aromatic carbocycles. The lowest BCUT2D eigenvalue weighted by atomic mass is 9.84. The van der Waals surface area contributed by atoms with E-state index in [1.165, 1.54) is 0 Å². The summed E-state index contributed by atoms with van der Waals surface area (Å²) in [5.41, 5.74) is 5.14. The van der Waals surface area contributed by atoms with Crippen molar-refractivity contribution in [3.05, 3.63) is 100.0 Å². The van der Waals surface area contributed by atoms with E-state index < -0.39 is 5.95 Å². The van der Waals surface area contributed by atoms with Gasteiger partial charge in [-0.1, -0.05) is 60.1 Å².